The fourth-order valence-corrected chi connectivity index (χ4v) is 3.21. The Balaban J connectivity index is 1.65. The Bertz CT molecular complexity index is 720. The van der Waals surface area contributed by atoms with Crippen molar-refractivity contribution in [2.45, 2.75) is 56.9 Å². The van der Waals surface area contributed by atoms with Gasteiger partial charge in [0.15, 0.2) is 0 Å². The van der Waals surface area contributed by atoms with Crippen LogP contribution in [0.15, 0.2) is 30.3 Å². The highest BCUT2D eigenvalue weighted by molar-refractivity contribution is 5.30. The standard InChI is InChI=1S/C19H26N2O6/c1-11-13(9-5-8-12-6-3-2-4-7-12)18(21-20-11)27-19-17(25)16(24)15(23)14(10-22)26-19/h2-4,6-7,14-17,19,22-25H,5,8-10H2,1H3,(H,20,21)/t14-,15-,16+,17-,19+/m1/s1. The summed E-state index contributed by atoms with van der Waals surface area (Å²) in [6.45, 7) is 1.37. The van der Waals surface area contributed by atoms with Gasteiger partial charge in [-0.1, -0.05) is 30.3 Å². The second kappa shape index (κ2) is 8.81. The van der Waals surface area contributed by atoms with Crippen molar-refractivity contribution in [2.75, 3.05) is 6.61 Å². The zero-order valence-corrected chi connectivity index (χ0v) is 15.2. The highest BCUT2D eigenvalue weighted by atomic mass is 16.7. The lowest BCUT2D eigenvalue weighted by Gasteiger charge is -2.39. The molecule has 1 fully saturated rings. The number of benzene rings is 1. The average Bonchev–Trinajstić information content (AvgIpc) is 3.03. The molecule has 1 saturated heterocycles. The van der Waals surface area contributed by atoms with E-state index in [9.17, 15) is 20.4 Å². The van der Waals surface area contributed by atoms with Crippen LogP contribution in [0.5, 0.6) is 5.88 Å². The fraction of sp³-hybridized carbons (Fsp3) is 0.526. The second-order valence-electron chi connectivity index (χ2n) is 6.79. The maximum absolute atomic E-state index is 10.1. The summed E-state index contributed by atoms with van der Waals surface area (Å²) >= 11 is 0. The van der Waals surface area contributed by atoms with Gasteiger partial charge in [-0.2, -0.15) is 0 Å². The number of rotatable bonds is 7. The van der Waals surface area contributed by atoms with E-state index in [2.05, 4.69) is 22.3 Å². The summed E-state index contributed by atoms with van der Waals surface area (Å²) in [6, 6.07) is 10.1. The van der Waals surface area contributed by atoms with Crippen LogP contribution in [-0.4, -0.2) is 67.9 Å². The topological polar surface area (TPSA) is 128 Å². The highest BCUT2D eigenvalue weighted by Crippen LogP contribution is 2.27. The quantitative estimate of drug-likeness (QED) is 0.461. The van der Waals surface area contributed by atoms with E-state index in [1.165, 1.54) is 5.56 Å². The summed E-state index contributed by atoms with van der Waals surface area (Å²) in [4.78, 5) is 0. The zero-order chi connectivity index (χ0) is 19.4. The lowest BCUT2D eigenvalue weighted by Crippen LogP contribution is -2.60. The molecule has 3 rings (SSSR count). The van der Waals surface area contributed by atoms with Crippen molar-refractivity contribution >= 4 is 0 Å². The third-order valence-electron chi connectivity index (χ3n) is 4.85. The molecule has 0 bridgehead atoms. The Labute approximate surface area is 157 Å². The summed E-state index contributed by atoms with van der Waals surface area (Å²) in [7, 11) is 0. The first kappa shape index (κ1) is 19.8. The second-order valence-corrected chi connectivity index (χ2v) is 6.79. The molecule has 1 aromatic carbocycles. The molecule has 5 N–H and O–H groups in total. The number of aromatic nitrogens is 2. The molecule has 0 radical (unpaired) electrons. The van der Waals surface area contributed by atoms with E-state index in [0.29, 0.717) is 6.42 Å². The molecule has 1 aromatic heterocycles. The van der Waals surface area contributed by atoms with Crippen molar-refractivity contribution in [1.82, 2.24) is 10.2 Å². The normalized spacial score (nSPS) is 28.3. The van der Waals surface area contributed by atoms with Crippen LogP contribution in [0, 0.1) is 6.92 Å². The summed E-state index contributed by atoms with van der Waals surface area (Å²) in [6.07, 6.45) is -4.12. The molecule has 0 aliphatic carbocycles. The summed E-state index contributed by atoms with van der Waals surface area (Å²) < 4.78 is 11.1. The van der Waals surface area contributed by atoms with Gasteiger partial charge in [-0.3, -0.25) is 5.10 Å². The third kappa shape index (κ3) is 4.48. The highest BCUT2D eigenvalue weighted by Gasteiger charge is 2.45. The summed E-state index contributed by atoms with van der Waals surface area (Å²) in [5.74, 6) is 0.282. The number of ether oxygens (including phenoxy) is 2. The molecule has 1 aliphatic heterocycles. The van der Waals surface area contributed by atoms with Crippen LogP contribution >= 0.6 is 0 Å². The molecule has 2 aromatic rings. The van der Waals surface area contributed by atoms with E-state index < -0.39 is 37.3 Å². The van der Waals surface area contributed by atoms with E-state index in [4.69, 9.17) is 9.47 Å². The van der Waals surface area contributed by atoms with Gasteiger partial charge in [0, 0.05) is 11.3 Å². The van der Waals surface area contributed by atoms with Crippen molar-refractivity contribution in [2.24, 2.45) is 0 Å². The van der Waals surface area contributed by atoms with Gasteiger partial charge >= 0.3 is 0 Å². The van der Waals surface area contributed by atoms with E-state index in [-0.39, 0.29) is 5.88 Å². The van der Waals surface area contributed by atoms with Crippen molar-refractivity contribution < 1.29 is 29.9 Å². The van der Waals surface area contributed by atoms with Crippen LogP contribution in [-0.2, 0) is 17.6 Å². The van der Waals surface area contributed by atoms with E-state index in [0.717, 1.165) is 24.1 Å². The van der Waals surface area contributed by atoms with Gasteiger partial charge in [-0.05, 0) is 31.7 Å². The van der Waals surface area contributed by atoms with Crippen molar-refractivity contribution in [3.8, 4) is 5.88 Å². The Kier molecular flexibility index (Phi) is 6.46. The van der Waals surface area contributed by atoms with Crippen LogP contribution in [0.2, 0.25) is 0 Å². The molecule has 8 nitrogen and oxygen atoms in total. The fourth-order valence-electron chi connectivity index (χ4n) is 3.21. The first-order valence-corrected chi connectivity index (χ1v) is 9.06. The molecule has 8 heteroatoms. The van der Waals surface area contributed by atoms with Gasteiger partial charge < -0.3 is 29.9 Å². The molecule has 5 atom stereocenters. The molecule has 0 unspecified atom stereocenters. The minimum absolute atomic E-state index is 0.282. The largest absolute Gasteiger partial charge is 0.443 e. The number of aryl methyl sites for hydroxylation is 2. The van der Waals surface area contributed by atoms with Gasteiger partial charge in [0.1, 0.15) is 24.4 Å². The van der Waals surface area contributed by atoms with E-state index in [1.54, 1.807) is 0 Å². The Hall–Kier alpha value is -1.97. The third-order valence-corrected chi connectivity index (χ3v) is 4.85. The molecule has 27 heavy (non-hydrogen) atoms. The Morgan fingerprint density at radius 3 is 2.52 bits per heavy atom. The smallest absolute Gasteiger partial charge is 0.238 e. The van der Waals surface area contributed by atoms with Gasteiger partial charge in [0.25, 0.3) is 0 Å². The van der Waals surface area contributed by atoms with Crippen molar-refractivity contribution in [3.63, 3.8) is 0 Å². The maximum Gasteiger partial charge on any atom is 0.238 e. The van der Waals surface area contributed by atoms with Gasteiger partial charge in [-0.25, -0.2) is 0 Å². The number of nitrogens with zero attached hydrogens (tertiary/aromatic N) is 1. The van der Waals surface area contributed by atoms with Crippen molar-refractivity contribution in [3.05, 3.63) is 47.2 Å². The molecule has 1 aliphatic rings. The Morgan fingerprint density at radius 1 is 1.07 bits per heavy atom. The number of hydrogen-bond acceptors (Lipinski definition) is 7. The lowest BCUT2D eigenvalue weighted by molar-refractivity contribution is -0.278. The zero-order valence-electron chi connectivity index (χ0n) is 15.2. The molecule has 0 saturated carbocycles. The SMILES string of the molecule is Cc1[nH]nc(O[C@@H]2O[C@H](CO)[C@@H](O)[C@H](O)[C@H]2O)c1CCCc1ccccc1. The average molecular weight is 378 g/mol. The number of nitrogens with one attached hydrogen (secondary N) is 1. The summed E-state index contributed by atoms with van der Waals surface area (Å²) in [5.41, 5.74) is 2.96. The molecular weight excluding hydrogens is 352 g/mol. The lowest BCUT2D eigenvalue weighted by atomic mass is 9.99. The van der Waals surface area contributed by atoms with Gasteiger partial charge in [0.2, 0.25) is 12.2 Å². The first-order chi connectivity index (χ1) is 13.0. The number of aliphatic hydroxyl groups is 4. The molecule has 0 spiro atoms. The Morgan fingerprint density at radius 2 is 1.81 bits per heavy atom. The number of aromatic amines is 1. The van der Waals surface area contributed by atoms with E-state index >= 15 is 0 Å². The first-order valence-electron chi connectivity index (χ1n) is 9.06. The number of hydrogen-bond donors (Lipinski definition) is 5. The van der Waals surface area contributed by atoms with Gasteiger partial charge in [0.05, 0.1) is 6.61 Å². The molecular formula is C19H26N2O6. The summed E-state index contributed by atoms with van der Waals surface area (Å²) in [5, 5.41) is 46.1. The van der Waals surface area contributed by atoms with Crippen LogP contribution < -0.4 is 4.74 Å². The minimum atomic E-state index is -1.48. The number of H-pyrrole nitrogens is 1. The number of aliphatic hydroxyl groups excluding tert-OH is 4. The predicted octanol–water partition coefficient (Wildman–Crippen LogP) is 0.0721. The van der Waals surface area contributed by atoms with Gasteiger partial charge in [-0.15, -0.1) is 5.10 Å². The molecule has 2 heterocycles. The monoisotopic (exact) mass is 378 g/mol. The van der Waals surface area contributed by atoms with Crippen LogP contribution in [0.4, 0.5) is 0 Å². The minimum Gasteiger partial charge on any atom is -0.443 e. The molecule has 0 amide bonds. The van der Waals surface area contributed by atoms with Crippen LogP contribution in [0.25, 0.3) is 0 Å². The maximum atomic E-state index is 10.1. The molecule has 148 valence electrons. The van der Waals surface area contributed by atoms with Crippen molar-refractivity contribution in [1.29, 1.82) is 0 Å². The van der Waals surface area contributed by atoms with E-state index in [1.807, 2.05) is 25.1 Å². The van der Waals surface area contributed by atoms with Crippen LogP contribution in [0.1, 0.15) is 23.2 Å². The predicted molar refractivity (Wildman–Crippen MR) is 96.2 cm³/mol. The van der Waals surface area contributed by atoms with Crippen LogP contribution in [0.3, 0.4) is 0 Å².